The van der Waals surface area contributed by atoms with Crippen molar-refractivity contribution in [2.75, 3.05) is 13.1 Å². The molecule has 0 radical (unpaired) electrons. The van der Waals surface area contributed by atoms with Crippen molar-refractivity contribution in [2.24, 2.45) is 0 Å². The number of hydrogen-bond donors (Lipinski definition) is 0. The van der Waals surface area contributed by atoms with Crippen LogP contribution in [-0.2, 0) is 13.0 Å². The van der Waals surface area contributed by atoms with Crippen LogP contribution in [0.3, 0.4) is 0 Å². The molecule has 3 heterocycles. The maximum atomic E-state index is 4.31. The average Bonchev–Trinajstić information content (AvgIpc) is 3.10. The van der Waals surface area contributed by atoms with Gasteiger partial charge in [0.25, 0.3) is 0 Å². The zero-order valence-electron chi connectivity index (χ0n) is 11.2. The van der Waals surface area contributed by atoms with E-state index in [1.807, 2.05) is 24.7 Å². The van der Waals surface area contributed by atoms with Crippen molar-refractivity contribution in [2.45, 2.75) is 31.8 Å². The Hall–Kier alpha value is -1.68. The Balaban J connectivity index is 1.55. The molecule has 2 aromatic rings. The van der Waals surface area contributed by atoms with Crippen molar-refractivity contribution in [3.63, 3.8) is 0 Å². The average molecular weight is 256 g/mol. The molecule has 0 spiro atoms. The number of likely N-dealkylation sites (tertiary alicyclic amines) is 1. The van der Waals surface area contributed by atoms with Crippen LogP contribution in [0.5, 0.6) is 0 Å². The van der Waals surface area contributed by atoms with Crippen LogP contribution in [0.1, 0.15) is 18.4 Å². The number of aromatic nitrogens is 3. The van der Waals surface area contributed by atoms with Gasteiger partial charge in [0, 0.05) is 37.4 Å². The van der Waals surface area contributed by atoms with Crippen LogP contribution < -0.4 is 0 Å². The number of hydrogen-bond acceptors (Lipinski definition) is 3. The molecule has 0 bridgehead atoms. The first-order chi connectivity index (χ1) is 9.42. The van der Waals surface area contributed by atoms with E-state index in [0.29, 0.717) is 6.04 Å². The van der Waals surface area contributed by atoms with Crippen LogP contribution in [0.15, 0.2) is 43.0 Å². The molecule has 0 unspecified atom stereocenters. The first-order valence-corrected chi connectivity index (χ1v) is 7.02. The van der Waals surface area contributed by atoms with Crippen LogP contribution in [-0.4, -0.2) is 38.8 Å². The third-order valence-corrected chi connectivity index (χ3v) is 3.89. The van der Waals surface area contributed by atoms with E-state index in [4.69, 9.17) is 0 Å². The summed E-state index contributed by atoms with van der Waals surface area (Å²) in [6.07, 6.45) is 11.4. The third-order valence-electron chi connectivity index (χ3n) is 3.89. The van der Waals surface area contributed by atoms with Crippen molar-refractivity contribution < 1.29 is 0 Å². The summed E-state index contributed by atoms with van der Waals surface area (Å²) < 4.78 is 2.05. The predicted octanol–water partition coefficient (Wildman–Crippen LogP) is 1.99. The van der Waals surface area contributed by atoms with Gasteiger partial charge in [-0.05, 0) is 49.6 Å². The second-order valence-electron chi connectivity index (χ2n) is 5.17. The summed E-state index contributed by atoms with van der Waals surface area (Å²) in [7, 11) is 0. The normalized spacial score (nSPS) is 19.9. The van der Waals surface area contributed by atoms with Crippen molar-refractivity contribution in [3.8, 4) is 0 Å². The van der Waals surface area contributed by atoms with Gasteiger partial charge < -0.3 is 0 Å². The largest absolute Gasteiger partial charge is 0.298 e. The number of rotatable bonds is 5. The van der Waals surface area contributed by atoms with Gasteiger partial charge in [0.2, 0.25) is 0 Å². The van der Waals surface area contributed by atoms with Crippen LogP contribution in [0, 0.1) is 0 Å². The lowest BCUT2D eigenvalue weighted by Crippen LogP contribution is -2.34. The fourth-order valence-corrected chi connectivity index (χ4v) is 2.84. The van der Waals surface area contributed by atoms with Gasteiger partial charge in [-0.15, -0.1) is 0 Å². The van der Waals surface area contributed by atoms with Crippen molar-refractivity contribution in [1.82, 2.24) is 19.7 Å². The molecular weight excluding hydrogens is 236 g/mol. The fraction of sp³-hybridized carbons (Fsp3) is 0.467. The minimum Gasteiger partial charge on any atom is -0.298 e. The van der Waals surface area contributed by atoms with Gasteiger partial charge in [-0.25, -0.2) is 0 Å². The van der Waals surface area contributed by atoms with Gasteiger partial charge in [0.1, 0.15) is 0 Å². The van der Waals surface area contributed by atoms with Gasteiger partial charge >= 0.3 is 0 Å². The van der Waals surface area contributed by atoms with E-state index in [1.54, 1.807) is 0 Å². The lowest BCUT2D eigenvalue weighted by molar-refractivity contribution is 0.230. The second kappa shape index (κ2) is 5.97. The first kappa shape index (κ1) is 12.4. The van der Waals surface area contributed by atoms with Crippen LogP contribution in [0.2, 0.25) is 0 Å². The SMILES string of the molecule is c1cnn(C[C@H]2CCCN2CCc2ccncc2)c1. The van der Waals surface area contributed by atoms with Crippen LogP contribution in [0.4, 0.5) is 0 Å². The highest BCUT2D eigenvalue weighted by Crippen LogP contribution is 2.19. The third kappa shape index (κ3) is 3.20. The van der Waals surface area contributed by atoms with Crippen molar-refractivity contribution in [3.05, 3.63) is 48.5 Å². The minimum atomic E-state index is 0.640. The molecule has 0 saturated carbocycles. The smallest absolute Gasteiger partial charge is 0.0564 e. The maximum absolute atomic E-state index is 4.31. The molecule has 1 aliphatic heterocycles. The van der Waals surface area contributed by atoms with Gasteiger partial charge in [0.05, 0.1) is 6.54 Å². The van der Waals surface area contributed by atoms with Gasteiger partial charge in [-0.2, -0.15) is 5.10 Å². The van der Waals surface area contributed by atoms with Crippen LogP contribution in [0.25, 0.3) is 0 Å². The van der Waals surface area contributed by atoms with E-state index in [0.717, 1.165) is 19.5 Å². The zero-order chi connectivity index (χ0) is 12.9. The molecule has 4 nitrogen and oxygen atoms in total. The topological polar surface area (TPSA) is 34.0 Å². The van der Waals surface area contributed by atoms with Crippen molar-refractivity contribution in [1.29, 1.82) is 0 Å². The van der Waals surface area contributed by atoms with E-state index < -0.39 is 0 Å². The Morgan fingerprint density at radius 1 is 1.21 bits per heavy atom. The summed E-state index contributed by atoms with van der Waals surface area (Å²) >= 11 is 0. The van der Waals surface area contributed by atoms with Crippen LogP contribution >= 0.6 is 0 Å². The quantitative estimate of drug-likeness (QED) is 0.820. The van der Waals surface area contributed by atoms with E-state index in [1.165, 1.54) is 24.9 Å². The summed E-state index contributed by atoms with van der Waals surface area (Å²) in [4.78, 5) is 6.66. The highest BCUT2D eigenvalue weighted by molar-refractivity contribution is 5.10. The predicted molar refractivity (Wildman–Crippen MR) is 74.8 cm³/mol. The summed E-state index contributed by atoms with van der Waals surface area (Å²) in [6.45, 7) is 3.37. The fourth-order valence-electron chi connectivity index (χ4n) is 2.84. The van der Waals surface area contributed by atoms with E-state index in [9.17, 15) is 0 Å². The maximum Gasteiger partial charge on any atom is 0.0564 e. The molecule has 1 saturated heterocycles. The van der Waals surface area contributed by atoms with E-state index in [2.05, 4.69) is 38.0 Å². The zero-order valence-corrected chi connectivity index (χ0v) is 11.2. The number of pyridine rings is 1. The highest BCUT2D eigenvalue weighted by atomic mass is 15.3. The van der Waals surface area contributed by atoms with E-state index >= 15 is 0 Å². The Morgan fingerprint density at radius 2 is 2.11 bits per heavy atom. The van der Waals surface area contributed by atoms with Gasteiger partial charge in [-0.1, -0.05) is 0 Å². The van der Waals surface area contributed by atoms with Gasteiger partial charge in [0.15, 0.2) is 0 Å². The molecule has 2 aromatic heterocycles. The molecule has 19 heavy (non-hydrogen) atoms. The Labute approximate surface area is 114 Å². The molecule has 1 aliphatic rings. The second-order valence-corrected chi connectivity index (χ2v) is 5.17. The summed E-state index contributed by atoms with van der Waals surface area (Å²) in [5.74, 6) is 0. The summed E-state index contributed by atoms with van der Waals surface area (Å²) in [5, 5.41) is 4.31. The summed E-state index contributed by atoms with van der Waals surface area (Å²) in [5.41, 5.74) is 1.37. The molecule has 3 rings (SSSR count). The summed E-state index contributed by atoms with van der Waals surface area (Å²) in [6, 6.07) is 6.86. The molecule has 0 amide bonds. The lowest BCUT2D eigenvalue weighted by Gasteiger charge is -2.24. The molecule has 4 heteroatoms. The van der Waals surface area contributed by atoms with Crippen molar-refractivity contribution >= 4 is 0 Å². The number of nitrogens with zero attached hydrogens (tertiary/aromatic N) is 4. The van der Waals surface area contributed by atoms with E-state index in [-0.39, 0.29) is 0 Å². The lowest BCUT2D eigenvalue weighted by atomic mass is 10.1. The molecule has 0 aliphatic carbocycles. The Kier molecular flexibility index (Phi) is 3.89. The Bertz CT molecular complexity index is 480. The molecule has 0 N–H and O–H groups in total. The first-order valence-electron chi connectivity index (χ1n) is 7.02. The molecule has 100 valence electrons. The standard InChI is InChI=1S/C15H20N4/c1-3-15(13-19-11-2-7-17-19)18(10-1)12-6-14-4-8-16-9-5-14/h2,4-5,7-9,11,15H,1,3,6,10,12-13H2/t15-/m1/s1. The van der Waals surface area contributed by atoms with Gasteiger partial charge in [-0.3, -0.25) is 14.6 Å². The highest BCUT2D eigenvalue weighted by Gasteiger charge is 2.24. The Morgan fingerprint density at radius 3 is 2.89 bits per heavy atom. The molecular formula is C15H20N4. The molecule has 0 aromatic carbocycles. The molecule has 1 atom stereocenters. The minimum absolute atomic E-state index is 0.640. The monoisotopic (exact) mass is 256 g/mol. The molecule has 1 fully saturated rings.